The van der Waals surface area contributed by atoms with Gasteiger partial charge in [-0.1, -0.05) is 6.07 Å². The zero-order valence-corrected chi connectivity index (χ0v) is 46.4. The highest BCUT2D eigenvalue weighted by atomic mass is 16.5. The molecule has 0 radical (unpaired) electrons. The number of nitrogens with one attached hydrogen (secondary N) is 6. The molecule has 0 spiro atoms. The number of hydroxylamine groups is 6. The summed E-state index contributed by atoms with van der Waals surface area (Å²) in [7, 11) is 0. The minimum atomic E-state index is -1.36. The number of nitrogens with two attached hydrogens (primary N) is 2. The van der Waals surface area contributed by atoms with Crippen molar-refractivity contribution in [3.63, 3.8) is 0 Å². The van der Waals surface area contributed by atoms with E-state index < -0.39 is 84.4 Å². The predicted molar refractivity (Wildman–Crippen MR) is 291 cm³/mol. The largest absolute Gasteiger partial charge is 0.484 e. The summed E-state index contributed by atoms with van der Waals surface area (Å²) >= 11 is 0. The Morgan fingerprint density at radius 1 is 0.610 bits per heavy atom. The highest BCUT2D eigenvalue weighted by Gasteiger charge is 2.28. The Morgan fingerprint density at radius 3 is 1.66 bits per heavy atom. The van der Waals surface area contributed by atoms with Crippen LogP contribution in [0.15, 0.2) is 41.4 Å². The number of aliphatic imine (C=N–C) groups is 1. The molecule has 0 saturated heterocycles. The zero-order chi connectivity index (χ0) is 60.8. The molecule has 1 aliphatic rings. The van der Waals surface area contributed by atoms with Crippen molar-refractivity contribution in [2.75, 3.05) is 65.5 Å². The summed E-state index contributed by atoms with van der Waals surface area (Å²) in [5.41, 5.74) is 10.8. The summed E-state index contributed by atoms with van der Waals surface area (Å²) in [4.78, 5) is 152. The molecule has 0 fully saturated rings. The molecular formula is C52H81N13O17. The Balaban J connectivity index is 1.60. The molecule has 30 heteroatoms. The minimum Gasteiger partial charge on any atom is -0.484 e. The maximum Gasteiger partial charge on any atom is 0.326 e. The Hall–Kier alpha value is -8.25. The zero-order valence-electron chi connectivity index (χ0n) is 46.4. The average Bonchev–Trinajstić information content (AvgIpc) is 3.77. The fourth-order valence-corrected chi connectivity index (χ4v) is 7.66. The average molecular weight is 1160 g/mol. The molecule has 82 heavy (non-hydrogen) atoms. The van der Waals surface area contributed by atoms with Gasteiger partial charge < -0.3 is 53.2 Å². The molecule has 1 heterocycles. The first-order valence-corrected chi connectivity index (χ1v) is 27.3. The van der Waals surface area contributed by atoms with E-state index in [-0.39, 0.29) is 126 Å². The first kappa shape index (κ1) is 69.9. The Morgan fingerprint density at radius 2 is 1.13 bits per heavy atom. The van der Waals surface area contributed by atoms with E-state index >= 15 is 0 Å². The molecule has 0 aliphatic carbocycles. The summed E-state index contributed by atoms with van der Waals surface area (Å²) in [6.07, 6.45) is 7.20. The molecule has 14 N–H and O–H groups in total. The SMILES string of the molecule is CC(=O)N(O)CCCCCNC(=O)CCC(=O)N(O)CCCCCNC(=O)CCC(=O)N(O)CCCCCNC(=O)COc1cccc(C(=O)NCC(=O)N[C@@H](CCCN=C(N)N)C(=O)N[C@@H](CCCCN2C(=O)C=CC2=O)C(=O)O)c1. The first-order valence-electron chi connectivity index (χ1n) is 27.3. The molecule has 0 unspecified atom stereocenters. The van der Waals surface area contributed by atoms with Crippen LogP contribution in [0.25, 0.3) is 0 Å². The Bertz CT molecular complexity index is 2350. The van der Waals surface area contributed by atoms with Gasteiger partial charge in [0.2, 0.25) is 41.4 Å². The number of ether oxygens (including phenoxy) is 1. The predicted octanol–water partition coefficient (Wildman–Crippen LogP) is -0.909. The molecule has 0 bridgehead atoms. The number of guanidine groups is 1. The number of hydrogen-bond donors (Lipinski definition) is 12. The van der Waals surface area contributed by atoms with Gasteiger partial charge in [0.15, 0.2) is 12.6 Å². The van der Waals surface area contributed by atoms with Gasteiger partial charge in [-0.25, -0.2) is 20.0 Å². The summed E-state index contributed by atoms with van der Waals surface area (Å²) in [6, 6.07) is 3.17. The van der Waals surface area contributed by atoms with Crippen molar-refractivity contribution in [2.24, 2.45) is 16.5 Å². The summed E-state index contributed by atoms with van der Waals surface area (Å²) in [6.45, 7) is 1.62. The van der Waals surface area contributed by atoms with E-state index in [1.165, 1.54) is 31.2 Å². The maximum absolute atomic E-state index is 13.3. The lowest BCUT2D eigenvalue weighted by atomic mass is 10.1. The monoisotopic (exact) mass is 1160 g/mol. The molecule has 1 aliphatic heterocycles. The highest BCUT2D eigenvalue weighted by molar-refractivity contribution is 6.12. The summed E-state index contributed by atoms with van der Waals surface area (Å²) in [5.74, 6) is -7.49. The molecule has 1 aromatic carbocycles. The maximum atomic E-state index is 13.3. The van der Waals surface area contributed by atoms with Crippen molar-refractivity contribution in [2.45, 2.75) is 135 Å². The van der Waals surface area contributed by atoms with Gasteiger partial charge in [0.1, 0.15) is 17.8 Å². The first-order chi connectivity index (χ1) is 39.1. The second-order valence-corrected chi connectivity index (χ2v) is 19.0. The fraction of sp³-hybridized carbons (Fsp3) is 0.596. The van der Waals surface area contributed by atoms with Crippen molar-refractivity contribution in [3.8, 4) is 5.75 Å². The summed E-state index contributed by atoms with van der Waals surface area (Å²) < 4.78 is 5.54. The molecule has 30 nitrogen and oxygen atoms in total. The van der Waals surface area contributed by atoms with Crippen LogP contribution >= 0.6 is 0 Å². The van der Waals surface area contributed by atoms with E-state index in [1.807, 2.05) is 0 Å². The number of rotatable bonds is 43. The van der Waals surface area contributed by atoms with E-state index in [9.17, 15) is 78.3 Å². The van der Waals surface area contributed by atoms with Gasteiger partial charge in [-0.3, -0.25) is 78.3 Å². The molecule has 456 valence electrons. The van der Waals surface area contributed by atoms with Gasteiger partial charge in [0.05, 0.1) is 6.54 Å². The van der Waals surface area contributed by atoms with Gasteiger partial charge in [-0.05, 0) is 108 Å². The van der Waals surface area contributed by atoms with E-state index in [1.54, 1.807) is 0 Å². The third-order valence-electron chi connectivity index (χ3n) is 12.3. The van der Waals surface area contributed by atoms with E-state index in [2.05, 4.69) is 36.9 Å². The molecule has 1 aromatic rings. The number of amides is 11. The standard InChI is InChI=1S/C52H81N13O17/c1-36(66)63(79)30-9-2-6-25-55-41(67)19-21-47(73)64(80)31-10-3-7-26-56-42(68)20-22-48(74)65(81)32-11-4-8-27-57-44(70)35-82-38-16-13-15-37(33-38)49(75)59-34-43(69)60-39(18-14-28-58-52(53)54)50(76)61-40(51(77)78)17-5-12-29-62-45(71)23-24-46(62)72/h13,15-16,23-24,33,39-40,79-81H,2-12,14,17-22,25-32,34-35H2,1H3,(H,55,67)(H,56,68)(H,57,70)(H,59,75)(H,60,69)(H,61,76)(H,77,78)(H4,53,54,58)/t39-,40-/m0/s1. The number of carbonyl (C=O) groups excluding carboxylic acids is 11. The quantitative estimate of drug-likeness (QED) is 0.00941. The number of hydrogen-bond acceptors (Lipinski definition) is 17. The van der Waals surface area contributed by atoms with Crippen molar-refractivity contribution in [3.05, 3.63) is 42.0 Å². The van der Waals surface area contributed by atoms with Gasteiger partial charge in [-0.15, -0.1) is 0 Å². The molecule has 2 atom stereocenters. The third kappa shape index (κ3) is 30.9. The number of aliphatic carboxylic acids is 1. The van der Waals surface area contributed by atoms with Crippen LogP contribution in [0.2, 0.25) is 0 Å². The highest BCUT2D eigenvalue weighted by Crippen LogP contribution is 2.14. The van der Waals surface area contributed by atoms with Crippen LogP contribution < -0.4 is 48.1 Å². The molecule has 0 saturated carbocycles. The van der Waals surface area contributed by atoms with Crippen molar-refractivity contribution in [1.29, 1.82) is 0 Å². The van der Waals surface area contributed by atoms with Crippen LogP contribution in [0.4, 0.5) is 0 Å². The van der Waals surface area contributed by atoms with Crippen LogP contribution in [0.5, 0.6) is 5.75 Å². The smallest absolute Gasteiger partial charge is 0.326 e. The van der Waals surface area contributed by atoms with Crippen LogP contribution in [0.3, 0.4) is 0 Å². The number of nitrogens with zero attached hydrogens (tertiary/aromatic N) is 5. The number of carboxylic acid groups (broad SMARTS) is 1. The van der Waals surface area contributed by atoms with E-state index in [0.717, 1.165) is 17.1 Å². The Labute approximate surface area is 475 Å². The molecule has 2 rings (SSSR count). The van der Waals surface area contributed by atoms with Crippen LogP contribution in [-0.2, 0) is 52.7 Å². The number of imide groups is 1. The summed E-state index contributed by atoms with van der Waals surface area (Å²) in [5, 5.41) is 56.4. The number of unbranched alkanes of at least 4 members (excludes halogenated alkanes) is 7. The van der Waals surface area contributed by atoms with Crippen LogP contribution in [0.1, 0.15) is 133 Å². The fourth-order valence-electron chi connectivity index (χ4n) is 7.66. The molecule has 0 aromatic heterocycles. The number of benzene rings is 1. The minimum absolute atomic E-state index is 0.00568. The van der Waals surface area contributed by atoms with Gasteiger partial charge in [0.25, 0.3) is 23.6 Å². The third-order valence-corrected chi connectivity index (χ3v) is 12.3. The van der Waals surface area contributed by atoms with E-state index in [4.69, 9.17) is 16.2 Å². The number of carbonyl (C=O) groups is 12. The lowest BCUT2D eigenvalue weighted by Crippen LogP contribution is -2.53. The number of carboxylic acids is 1. The van der Waals surface area contributed by atoms with Crippen LogP contribution in [0, 0.1) is 0 Å². The van der Waals surface area contributed by atoms with Gasteiger partial charge in [-0.2, -0.15) is 0 Å². The normalized spacial score (nSPS) is 12.3. The molecule has 11 amide bonds. The lowest BCUT2D eigenvalue weighted by molar-refractivity contribution is -0.166. The van der Waals surface area contributed by atoms with Crippen molar-refractivity contribution in [1.82, 2.24) is 52.0 Å². The van der Waals surface area contributed by atoms with Gasteiger partial charge in [0, 0.05) is 103 Å². The topological polar surface area (TPSA) is 445 Å². The Kier molecular flexibility index (Phi) is 34.1. The second kappa shape index (κ2) is 40.0. The van der Waals surface area contributed by atoms with E-state index in [0.29, 0.717) is 86.1 Å². The second-order valence-electron chi connectivity index (χ2n) is 19.0. The van der Waals surface area contributed by atoms with Crippen molar-refractivity contribution < 1.29 is 83.0 Å². The lowest BCUT2D eigenvalue weighted by Gasteiger charge is -2.22. The van der Waals surface area contributed by atoms with Gasteiger partial charge >= 0.3 is 5.97 Å². The van der Waals surface area contributed by atoms with Crippen molar-refractivity contribution >= 4 is 76.9 Å². The van der Waals surface area contributed by atoms with Crippen LogP contribution in [-0.4, -0.2) is 195 Å². The molecular weight excluding hydrogens is 1080 g/mol.